The minimum Gasteiger partial charge on any atom is -0.274 e. The molecule has 2 aromatic rings. The molecule has 7 nitrogen and oxygen atoms in total. The van der Waals surface area contributed by atoms with E-state index >= 15 is 0 Å². The van der Waals surface area contributed by atoms with Gasteiger partial charge in [-0.3, -0.25) is 4.79 Å². The van der Waals surface area contributed by atoms with Crippen molar-refractivity contribution in [3.8, 4) is 0 Å². The minimum absolute atomic E-state index is 0.0192. The van der Waals surface area contributed by atoms with Gasteiger partial charge in [0.25, 0.3) is 10.0 Å². The summed E-state index contributed by atoms with van der Waals surface area (Å²) >= 11 is 0. The van der Waals surface area contributed by atoms with E-state index in [1.165, 1.54) is 12.1 Å². The zero-order valence-corrected chi connectivity index (χ0v) is 13.1. The first-order valence-electron chi connectivity index (χ1n) is 7.34. The quantitative estimate of drug-likeness (QED) is 0.893. The van der Waals surface area contributed by atoms with Crippen LogP contribution in [0.3, 0.4) is 0 Å². The van der Waals surface area contributed by atoms with E-state index in [0.29, 0.717) is 11.0 Å². The summed E-state index contributed by atoms with van der Waals surface area (Å²) in [6.07, 6.45) is 3.77. The maximum Gasteiger partial charge on any atom is 0.264 e. The number of rotatable bonds is 3. The second-order valence-corrected chi connectivity index (χ2v) is 7.49. The van der Waals surface area contributed by atoms with Crippen LogP contribution in [-0.4, -0.2) is 29.7 Å². The van der Waals surface area contributed by atoms with Gasteiger partial charge in [-0.1, -0.05) is 19.8 Å². The van der Waals surface area contributed by atoms with Crippen LogP contribution < -0.4 is 4.72 Å². The molecule has 1 aliphatic carbocycles. The van der Waals surface area contributed by atoms with Crippen molar-refractivity contribution in [2.45, 2.75) is 37.5 Å². The van der Waals surface area contributed by atoms with Crippen LogP contribution >= 0.6 is 0 Å². The lowest BCUT2D eigenvalue weighted by Gasteiger charge is -2.27. The zero-order valence-electron chi connectivity index (χ0n) is 12.2. The van der Waals surface area contributed by atoms with E-state index in [-0.39, 0.29) is 16.7 Å². The third-order valence-electron chi connectivity index (χ3n) is 4.28. The number of hydrogen-bond donors (Lipinski definition) is 2. The number of nitrogens with zero attached hydrogens (tertiary/aromatic N) is 2. The van der Waals surface area contributed by atoms with Gasteiger partial charge in [0.05, 0.1) is 4.90 Å². The second-order valence-electron chi connectivity index (χ2n) is 5.81. The number of sulfonamides is 1. The van der Waals surface area contributed by atoms with E-state index in [1.807, 2.05) is 6.92 Å². The fourth-order valence-corrected chi connectivity index (χ4v) is 4.01. The van der Waals surface area contributed by atoms with Gasteiger partial charge in [-0.05, 0) is 37.0 Å². The largest absolute Gasteiger partial charge is 0.274 e. The third-order valence-corrected chi connectivity index (χ3v) is 5.63. The fraction of sp³-hybridized carbons (Fsp3) is 0.500. The average Bonchev–Trinajstić information content (AvgIpc) is 2.94. The highest BCUT2D eigenvalue weighted by atomic mass is 32.2. The van der Waals surface area contributed by atoms with Crippen molar-refractivity contribution in [3.05, 3.63) is 18.2 Å². The Morgan fingerprint density at radius 3 is 2.73 bits per heavy atom. The van der Waals surface area contributed by atoms with E-state index in [0.717, 1.165) is 25.7 Å². The van der Waals surface area contributed by atoms with E-state index in [1.54, 1.807) is 6.07 Å². The summed E-state index contributed by atoms with van der Waals surface area (Å²) in [6.45, 7) is 2.00. The van der Waals surface area contributed by atoms with Crippen molar-refractivity contribution in [3.63, 3.8) is 0 Å². The van der Waals surface area contributed by atoms with Gasteiger partial charge in [0, 0.05) is 5.92 Å². The van der Waals surface area contributed by atoms with Gasteiger partial charge in [-0.2, -0.15) is 15.4 Å². The Morgan fingerprint density at radius 1 is 1.23 bits per heavy atom. The molecule has 0 radical (unpaired) electrons. The molecule has 1 heterocycles. The summed E-state index contributed by atoms with van der Waals surface area (Å²) in [5.74, 6) is -0.436. The summed E-state index contributed by atoms with van der Waals surface area (Å²) in [5.41, 5.74) is 1.02. The molecule has 0 spiro atoms. The van der Waals surface area contributed by atoms with Crippen LogP contribution in [0.4, 0.5) is 0 Å². The molecule has 22 heavy (non-hydrogen) atoms. The molecule has 0 saturated heterocycles. The Kier molecular flexibility index (Phi) is 3.86. The van der Waals surface area contributed by atoms with E-state index in [9.17, 15) is 13.2 Å². The Labute approximate surface area is 128 Å². The van der Waals surface area contributed by atoms with Crippen LogP contribution in [0, 0.1) is 11.8 Å². The maximum atomic E-state index is 12.4. The van der Waals surface area contributed by atoms with Gasteiger partial charge in [0.1, 0.15) is 11.0 Å². The third kappa shape index (κ3) is 2.83. The predicted octanol–water partition coefficient (Wildman–Crippen LogP) is 1.59. The molecule has 1 aliphatic rings. The highest BCUT2D eigenvalue weighted by Gasteiger charge is 2.30. The molecular formula is C14H18N4O3S. The molecule has 1 amide bonds. The minimum atomic E-state index is -3.88. The number of fused-ring (bicyclic) bond motifs is 1. The van der Waals surface area contributed by atoms with Crippen LogP contribution in [0.1, 0.15) is 32.6 Å². The lowest BCUT2D eigenvalue weighted by Crippen LogP contribution is -2.39. The first-order chi connectivity index (χ1) is 10.5. The topological polar surface area (TPSA) is 105 Å². The molecule has 8 heteroatoms. The highest BCUT2D eigenvalue weighted by Crippen LogP contribution is 2.30. The molecule has 0 bridgehead atoms. The lowest BCUT2D eigenvalue weighted by molar-refractivity contribution is -0.125. The number of aromatic amines is 1. The molecular weight excluding hydrogens is 304 g/mol. The van der Waals surface area contributed by atoms with E-state index < -0.39 is 15.9 Å². The van der Waals surface area contributed by atoms with E-state index in [4.69, 9.17) is 0 Å². The SMILES string of the molecule is CC1CCCCC1C(=O)NS(=O)(=O)c1ccc2n[nH]nc2c1. The summed E-state index contributed by atoms with van der Waals surface area (Å²) in [6, 6.07) is 4.38. The summed E-state index contributed by atoms with van der Waals surface area (Å²) < 4.78 is 26.9. The van der Waals surface area contributed by atoms with Gasteiger partial charge >= 0.3 is 0 Å². The Balaban J connectivity index is 1.81. The summed E-state index contributed by atoms with van der Waals surface area (Å²) in [4.78, 5) is 12.3. The predicted molar refractivity (Wildman–Crippen MR) is 80.3 cm³/mol. The average molecular weight is 322 g/mol. The van der Waals surface area contributed by atoms with Crippen LogP contribution in [0.2, 0.25) is 0 Å². The van der Waals surface area contributed by atoms with Crippen molar-refractivity contribution in [2.24, 2.45) is 11.8 Å². The summed E-state index contributed by atoms with van der Waals surface area (Å²) in [7, 11) is -3.88. The molecule has 2 atom stereocenters. The highest BCUT2D eigenvalue weighted by molar-refractivity contribution is 7.90. The number of H-pyrrole nitrogens is 1. The molecule has 118 valence electrons. The molecule has 1 aromatic carbocycles. The monoisotopic (exact) mass is 322 g/mol. The van der Waals surface area contributed by atoms with Gasteiger partial charge in [0.15, 0.2) is 0 Å². The maximum absolute atomic E-state index is 12.4. The number of benzene rings is 1. The van der Waals surface area contributed by atoms with Crippen molar-refractivity contribution < 1.29 is 13.2 Å². The van der Waals surface area contributed by atoms with Gasteiger partial charge in [-0.15, -0.1) is 0 Å². The Bertz CT molecular complexity index is 799. The number of amides is 1. The first-order valence-corrected chi connectivity index (χ1v) is 8.83. The molecule has 1 saturated carbocycles. The van der Waals surface area contributed by atoms with Crippen molar-refractivity contribution in [1.29, 1.82) is 0 Å². The van der Waals surface area contributed by atoms with Gasteiger partial charge < -0.3 is 0 Å². The Morgan fingerprint density at radius 2 is 1.95 bits per heavy atom. The fourth-order valence-electron chi connectivity index (χ4n) is 2.96. The van der Waals surface area contributed by atoms with Crippen LogP contribution in [0.15, 0.2) is 23.1 Å². The second kappa shape index (κ2) is 5.68. The Hall–Kier alpha value is -1.96. The van der Waals surface area contributed by atoms with Crippen molar-refractivity contribution in [1.82, 2.24) is 20.1 Å². The zero-order chi connectivity index (χ0) is 15.7. The lowest BCUT2D eigenvalue weighted by atomic mass is 9.80. The first kappa shape index (κ1) is 15.0. The number of aromatic nitrogens is 3. The normalized spacial score (nSPS) is 22.6. The van der Waals surface area contributed by atoms with Crippen molar-refractivity contribution >= 4 is 27.0 Å². The standard InChI is InChI=1S/C14H18N4O3S/c1-9-4-2-3-5-11(9)14(19)17-22(20,21)10-6-7-12-13(8-10)16-18-15-12/h6-9,11H,2-5H2,1H3,(H,17,19)(H,15,16,18). The van der Waals surface area contributed by atoms with Crippen LogP contribution in [-0.2, 0) is 14.8 Å². The smallest absolute Gasteiger partial charge is 0.264 e. The molecule has 2 unspecified atom stereocenters. The number of nitrogens with one attached hydrogen (secondary N) is 2. The number of hydrogen-bond acceptors (Lipinski definition) is 5. The van der Waals surface area contributed by atoms with Gasteiger partial charge in [-0.25, -0.2) is 13.1 Å². The number of carbonyl (C=O) groups excluding carboxylic acids is 1. The van der Waals surface area contributed by atoms with Gasteiger partial charge in [0.2, 0.25) is 5.91 Å². The van der Waals surface area contributed by atoms with Crippen molar-refractivity contribution in [2.75, 3.05) is 0 Å². The number of carbonyl (C=O) groups is 1. The molecule has 2 N–H and O–H groups in total. The summed E-state index contributed by atoms with van der Waals surface area (Å²) in [5, 5.41) is 10.2. The molecule has 0 aliphatic heterocycles. The van der Waals surface area contributed by atoms with E-state index in [2.05, 4.69) is 20.1 Å². The molecule has 3 rings (SSSR count). The van der Waals surface area contributed by atoms with Crippen LogP contribution in [0.5, 0.6) is 0 Å². The molecule has 1 aromatic heterocycles. The van der Waals surface area contributed by atoms with Crippen LogP contribution in [0.25, 0.3) is 11.0 Å². The molecule has 1 fully saturated rings.